The molecule has 3 heterocycles. The summed E-state index contributed by atoms with van der Waals surface area (Å²) >= 11 is 0. The van der Waals surface area contributed by atoms with E-state index in [1.54, 1.807) is 44.7 Å². The highest BCUT2D eigenvalue weighted by molar-refractivity contribution is 5.95. The molecule has 0 radical (unpaired) electrons. The van der Waals surface area contributed by atoms with E-state index < -0.39 is 64.9 Å². The Balaban J connectivity index is 1.24. The van der Waals surface area contributed by atoms with E-state index in [0.717, 1.165) is 47.1 Å². The maximum Gasteiger partial charge on any atom is 0.246 e. The Bertz CT molecular complexity index is 2640. The maximum atomic E-state index is 15.1. The SMILES string of the molecule is CN[C@@H](C)C(=O)NC(C(=O)N1C[C@@H](c2ccc3c(c2)CN(C(=O)[C@@H](NC(=O)[C@H](C)NC)C(C)(C)C)[C@H](C(=O)N[C@@H]2CCCc4ccccc42)C3)C[C@H]1C(=O)N[C@@H](Cc1ccccc1)c1noc(C)n1)C(C)(C)C. The second-order valence-electron chi connectivity index (χ2n) is 22.4. The monoisotopic (exact) mass is 1000 g/mol. The number of likely N-dealkylation sites (N-methyl/N-ethyl adjacent to an activating group) is 2. The van der Waals surface area contributed by atoms with Crippen molar-refractivity contribution in [3.63, 3.8) is 0 Å². The van der Waals surface area contributed by atoms with Crippen LogP contribution in [0.1, 0.15) is 138 Å². The third kappa shape index (κ3) is 12.7. The van der Waals surface area contributed by atoms with E-state index in [4.69, 9.17) is 4.52 Å². The summed E-state index contributed by atoms with van der Waals surface area (Å²) in [7, 11) is 3.36. The first-order valence-electron chi connectivity index (χ1n) is 25.8. The molecule has 392 valence electrons. The molecule has 3 aliphatic rings. The fourth-order valence-electron chi connectivity index (χ4n) is 10.3. The van der Waals surface area contributed by atoms with Crippen LogP contribution in [0.3, 0.4) is 0 Å². The molecule has 2 aliphatic heterocycles. The smallest absolute Gasteiger partial charge is 0.246 e. The lowest BCUT2D eigenvalue weighted by molar-refractivity contribution is -0.147. The average molecular weight is 1000 g/mol. The molecule has 17 nitrogen and oxygen atoms in total. The van der Waals surface area contributed by atoms with Crippen LogP contribution >= 0.6 is 0 Å². The lowest BCUT2D eigenvalue weighted by Gasteiger charge is -2.42. The van der Waals surface area contributed by atoms with Crippen LogP contribution in [0, 0.1) is 17.8 Å². The normalized spacial score (nSPS) is 20.9. The first-order chi connectivity index (χ1) is 34.6. The van der Waals surface area contributed by atoms with Gasteiger partial charge < -0.3 is 46.2 Å². The van der Waals surface area contributed by atoms with Gasteiger partial charge in [-0.05, 0) is 97.8 Å². The predicted molar refractivity (Wildman–Crippen MR) is 277 cm³/mol. The Morgan fingerprint density at radius 2 is 1.34 bits per heavy atom. The van der Waals surface area contributed by atoms with Crippen molar-refractivity contribution in [1.82, 2.24) is 51.8 Å². The van der Waals surface area contributed by atoms with Crippen LogP contribution < -0.4 is 31.9 Å². The summed E-state index contributed by atoms with van der Waals surface area (Å²) in [4.78, 5) is 94.4. The van der Waals surface area contributed by atoms with Gasteiger partial charge in [-0.25, -0.2) is 0 Å². The molecule has 0 saturated carbocycles. The molecule has 6 N–H and O–H groups in total. The van der Waals surface area contributed by atoms with E-state index in [1.807, 2.05) is 102 Å². The standard InChI is InChI=1S/C56H76N10O7/c1-32(57-10)49(67)62-46(55(4,5)6)53(71)65-30-39-27-37(24-25-38(39)28-44(65)51(69)60-42-23-17-21-36-20-15-16-22-41(36)42)40-29-45(66(31-40)54(72)47(56(7,8)9)63-50(68)33(2)58-11)52(70)61-43(48-59-34(3)73-64-48)26-35-18-13-12-14-19-35/h12-16,18-20,22,24-25,27,32-33,40,42-47,57-58H,17,21,23,26,28-31H2,1-11H3,(H,60,69)(H,61,70)(H,62,67)(H,63,68)/t32-,33-,40-,42+,43-,44-,45-,46+,47?/m0/s1. The third-order valence-corrected chi connectivity index (χ3v) is 14.9. The molecule has 1 aromatic heterocycles. The van der Waals surface area contributed by atoms with Crippen LogP contribution in [0.25, 0.3) is 0 Å². The fourth-order valence-corrected chi connectivity index (χ4v) is 10.3. The Morgan fingerprint density at radius 1 is 0.726 bits per heavy atom. The van der Waals surface area contributed by atoms with Gasteiger partial charge in [-0.1, -0.05) is 119 Å². The second kappa shape index (κ2) is 22.8. The van der Waals surface area contributed by atoms with Crippen molar-refractivity contribution >= 4 is 35.4 Å². The van der Waals surface area contributed by atoms with Crippen LogP contribution in [0.4, 0.5) is 0 Å². The number of rotatable bonds is 16. The Hall–Kier alpha value is -6.46. The van der Waals surface area contributed by atoms with Gasteiger partial charge in [-0.3, -0.25) is 28.8 Å². The van der Waals surface area contributed by atoms with Gasteiger partial charge in [0.2, 0.25) is 41.3 Å². The molecular weight excluding hydrogens is 925 g/mol. The molecule has 17 heteroatoms. The molecule has 7 rings (SSSR count). The molecule has 0 bridgehead atoms. The summed E-state index contributed by atoms with van der Waals surface area (Å²) in [6, 6.07) is 18.0. The maximum absolute atomic E-state index is 15.1. The number of nitrogens with one attached hydrogen (secondary N) is 6. The molecule has 3 aromatic carbocycles. The number of fused-ring (bicyclic) bond motifs is 2. The number of likely N-dealkylation sites (tertiary alicyclic amines) is 1. The quantitative estimate of drug-likeness (QED) is 0.0888. The van der Waals surface area contributed by atoms with E-state index in [2.05, 4.69) is 54.2 Å². The minimum absolute atomic E-state index is 0.0811. The number of nitrogens with zero attached hydrogens (tertiary/aromatic N) is 4. The van der Waals surface area contributed by atoms with Gasteiger partial charge in [0, 0.05) is 38.8 Å². The van der Waals surface area contributed by atoms with Crippen LogP contribution in [0.15, 0.2) is 77.3 Å². The molecule has 1 fully saturated rings. The molecule has 73 heavy (non-hydrogen) atoms. The molecule has 0 spiro atoms. The summed E-state index contributed by atoms with van der Waals surface area (Å²) in [5.74, 6) is -1.83. The van der Waals surface area contributed by atoms with Crippen molar-refractivity contribution in [3.05, 3.63) is 118 Å². The number of benzene rings is 3. The number of hydrogen-bond acceptors (Lipinski definition) is 11. The van der Waals surface area contributed by atoms with Gasteiger partial charge in [0.1, 0.15) is 24.2 Å². The van der Waals surface area contributed by atoms with E-state index in [0.29, 0.717) is 18.1 Å². The highest BCUT2D eigenvalue weighted by Crippen LogP contribution is 2.38. The van der Waals surface area contributed by atoms with Crippen molar-refractivity contribution in [2.75, 3.05) is 20.6 Å². The summed E-state index contributed by atoms with van der Waals surface area (Å²) in [5, 5.41) is 22.6. The Kier molecular flexibility index (Phi) is 16.9. The number of carbonyl (C=O) groups excluding carboxylic acids is 6. The minimum atomic E-state index is -0.981. The largest absolute Gasteiger partial charge is 0.347 e. The number of aryl methyl sites for hydroxylation is 2. The zero-order valence-corrected chi connectivity index (χ0v) is 44.4. The van der Waals surface area contributed by atoms with Gasteiger partial charge in [0.05, 0.1) is 24.2 Å². The predicted octanol–water partition coefficient (Wildman–Crippen LogP) is 4.89. The zero-order valence-electron chi connectivity index (χ0n) is 44.4. The molecule has 1 saturated heterocycles. The molecule has 4 aromatic rings. The fraction of sp³-hybridized carbons (Fsp3) is 0.536. The lowest BCUT2D eigenvalue weighted by atomic mass is 9.83. The summed E-state index contributed by atoms with van der Waals surface area (Å²) < 4.78 is 5.36. The zero-order chi connectivity index (χ0) is 52.9. The number of aromatic nitrogens is 2. The number of amides is 6. The van der Waals surface area contributed by atoms with Crippen molar-refractivity contribution in [2.45, 2.75) is 162 Å². The third-order valence-electron chi connectivity index (χ3n) is 14.9. The van der Waals surface area contributed by atoms with Crippen molar-refractivity contribution in [1.29, 1.82) is 0 Å². The summed E-state index contributed by atoms with van der Waals surface area (Å²) in [5.41, 5.74) is 4.32. The molecular formula is C56H76N10O7. The first-order valence-corrected chi connectivity index (χ1v) is 25.8. The minimum Gasteiger partial charge on any atom is -0.347 e. The van der Waals surface area contributed by atoms with E-state index in [-0.39, 0.29) is 61.5 Å². The van der Waals surface area contributed by atoms with Crippen molar-refractivity contribution < 1.29 is 33.3 Å². The first kappa shape index (κ1) is 54.3. The Morgan fingerprint density at radius 3 is 1.95 bits per heavy atom. The highest BCUT2D eigenvalue weighted by Gasteiger charge is 2.47. The van der Waals surface area contributed by atoms with Gasteiger partial charge in [0.25, 0.3) is 0 Å². The van der Waals surface area contributed by atoms with Gasteiger partial charge in [0.15, 0.2) is 5.82 Å². The molecule has 1 unspecified atom stereocenters. The lowest BCUT2D eigenvalue weighted by Crippen LogP contribution is -2.62. The van der Waals surface area contributed by atoms with Crippen LogP contribution in [-0.2, 0) is 54.6 Å². The molecule has 9 atom stereocenters. The summed E-state index contributed by atoms with van der Waals surface area (Å²) in [6.07, 6.45) is 3.46. The van der Waals surface area contributed by atoms with Gasteiger partial charge >= 0.3 is 0 Å². The molecule has 6 amide bonds. The van der Waals surface area contributed by atoms with E-state index >= 15 is 9.59 Å². The number of carbonyl (C=O) groups is 6. The van der Waals surface area contributed by atoms with Gasteiger partial charge in [-0.15, -0.1) is 0 Å². The van der Waals surface area contributed by atoms with Crippen LogP contribution in [0.2, 0.25) is 0 Å². The average Bonchev–Trinajstić information content (AvgIpc) is 4.02. The Labute approximate surface area is 430 Å². The van der Waals surface area contributed by atoms with Crippen LogP contribution in [-0.4, -0.2) is 112 Å². The molecule has 1 aliphatic carbocycles. The number of hydrogen-bond donors (Lipinski definition) is 6. The van der Waals surface area contributed by atoms with Gasteiger partial charge in [-0.2, -0.15) is 4.98 Å². The van der Waals surface area contributed by atoms with Crippen LogP contribution in [0.5, 0.6) is 0 Å². The summed E-state index contributed by atoms with van der Waals surface area (Å²) in [6.45, 7) is 16.7. The van der Waals surface area contributed by atoms with Crippen molar-refractivity contribution in [2.24, 2.45) is 10.8 Å². The topological polar surface area (TPSA) is 220 Å². The highest BCUT2D eigenvalue weighted by atomic mass is 16.5. The van der Waals surface area contributed by atoms with Crippen molar-refractivity contribution in [3.8, 4) is 0 Å². The van der Waals surface area contributed by atoms with E-state index in [1.165, 1.54) is 5.56 Å². The second-order valence-corrected chi connectivity index (χ2v) is 22.4. The van der Waals surface area contributed by atoms with E-state index in [9.17, 15) is 19.2 Å².